The van der Waals surface area contributed by atoms with Crippen molar-refractivity contribution in [3.8, 4) is 11.8 Å². The maximum Gasteiger partial charge on any atom is 0.384 e. The predicted octanol–water partition coefficient (Wildman–Crippen LogP) is 5.21. The molecular weight excluding hydrogens is 308 g/mol. The van der Waals surface area contributed by atoms with Gasteiger partial charge in [0.25, 0.3) is 0 Å². The van der Waals surface area contributed by atoms with Crippen molar-refractivity contribution in [2.24, 2.45) is 40.4 Å². The van der Waals surface area contributed by atoms with Crippen LogP contribution < -0.4 is 0 Å². The third-order valence-corrected chi connectivity index (χ3v) is 9.12. The van der Waals surface area contributed by atoms with Gasteiger partial charge in [0.2, 0.25) is 0 Å². The fourth-order valence-corrected chi connectivity index (χ4v) is 7.73. The van der Waals surface area contributed by atoms with Crippen molar-refractivity contribution < 1.29 is 9.53 Å². The van der Waals surface area contributed by atoms with Gasteiger partial charge >= 0.3 is 5.97 Å². The molecular formula is C23H34O2. The molecule has 0 spiro atoms. The van der Waals surface area contributed by atoms with Gasteiger partial charge in [-0.3, -0.25) is 0 Å². The van der Waals surface area contributed by atoms with Crippen LogP contribution in [0.3, 0.4) is 0 Å². The Labute approximate surface area is 153 Å². The van der Waals surface area contributed by atoms with Crippen molar-refractivity contribution in [1.29, 1.82) is 0 Å². The molecule has 0 heterocycles. The van der Waals surface area contributed by atoms with Crippen LogP contribution in [0.2, 0.25) is 0 Å². The maximum atomic E-state index is 11.5. The fourth-order valence-electron chi connectivity index (χ4n) is 7.73. The van der Waals surface area contributed by atoms with Gasteiger partial charge in [0.05, 0.1) is 7.11 Å². The summed E-state index contributed by atoms with van der Waals surface area (Å²) in [6, 6.07) is 0. The van der Waals surface area contributed by atoms with Gasteiger partial charge in [0, 0.05) is 11.8 Å². The number of ether oxygens (including phenoxy) is 1. The van der Waals surface area contributed by atoms with E-state index < -0.39 is 0 Å². The van der Waals surface area contributed by atoms with Crippen LogP contribution in [-0.2, 0) is 9.53 Å². The Bertz CT molecular complexity index is 599. The molecule has 138 valence electrons. The summed E-state index contributed by atoms with van der Waals surface area (Å²) in [4.78, 5) is 11.5. The SMILES string of the molecule is COC(=O)C#CC1CC[C@H]2[C@@H]3CCC4CCCC[C@]4(C)[C@@H]3CC[C@]12C. The smallest absolute Gasteiger partial charge is 0.384 e. The lowest BCUT2D eigenvalue weighted by molar-refractivity contribution is -0.133. The number of hydrogen-bond acceptors (Lipinski definition) is 2. The summed E-state index contributed by atoms with van der Waals surface area (Å²) in [6.07, 6.45) is 14.0. The molecule has 4 rings (SSSR count). The van der Waals surface area contributed by atoms with Crippen LogP contribution in [0.15, 0.2) is 0 Å². The first-order chi connectivity index (χ1) is 12.0. The number of carbonyl (C=O) groups is 1. The monoisotopic (exact) mass is 342 g/mol. The summed E-state index contributed by atoms with van der Waals surface area (Å²) in [6.45, 7) is 5.12. The van der Waals surface area contributed by atoms with Crippen LogP contribution in [0.5, 0.6) is 0 Å². The summed E-state index contributed by atoms with van der Waals surface area (Å²) in [5.74, 6) is 9.72. The van der Waals surface area contributed by atoms with E-state index in [1.165, 1.54) is 71.3 Å². The highest BCUT2D eigenvalue weighted by atomic mass is 16.5. The molecule has 0 aromatic heterocycles. The lowest BCUT2D eigenvalue weighted by atomic mass is 9.45. The van der Waals surface area contributed by atoms with Crippen molar-refractivity contribution in [1.82, 2.24) is 0 Å². The molecule has 2 unspecified atom stereocenters. The highest BCUT2D eigenvalue weighted by Gasteiger charge is 2.59. The number of hydrogen-bond donors (Lipinski definition) is 0. The summed E-state index contributed by atoms with van der Waals surface area (Å²) < 4.78 is 4.72. The van der Waals surface area contributed by atoms with Gasteiger partial charge in [0.15, 0.2) is 0 Å². The van der Waals surface area contributed by atoms with Crippen molar-refractivity contribution in [3.05, 3.63) is 0 Å². The standard InChI is InChI=1S/C23H34O2/c1-22-14-5-4-6-16(22)7-10-18-19-11-8-17(9-12-21(24)25-3)23(19,2)15-13-20(18)22/h16-20H,4-8,10-11,13-15H2,1-3H3/t16?,17?,18-,19-,20+,22-,23+/m0/s1. The van der Waals surface area contributed by atoms with Gasteiger partial charge < -0.3 is 4.74 Å². The Balaban J connectivity index is 1.57. The number of methoxy groups -OCH3 is 1. The topological polar surface area (TPSA) is 26.3 Å². The molecule has 0 radical (unpaired) electrons. The van der Waals surface area contributed by atoms with E-state index in [2.05, 4.69) is 25.7 Å². The first-order valence-electron chi connectivity index (χ1n) is 10.6. The number of carbonyl (C=O) groups excluding carboxylic acids is 1. The van der Waals surface area contributed by atoms with Crippen LogP contribution in [0.25, 0.3) is 0 Å². The molecule has 2 nitrogen and oxygen atoms in total. The Kier molecular flexibility index (Phi) is 4.41. The van der Waals surface area contributed by atoms with Gasteiger partial charge in [-0.25, -0.2) is 4.79 Å². The Morgan fingerprint density at radius 1 is 0.920 bits per heavy atom. The largest absolute Gasteiger partial charge is 0.459 e. The highest BCUT2D eigenvalue weighted by molar-refractivity contribution is 5.88. The molecule has 0 bridgehead atoms. The molecule has 25 heavy (non-hydrogen) atoms. The molecule has 0 amide bonds. The van der Waals surface area contributed by atoms with Crippen molar-refractivity contribution in [3.63, 3.8) is 0 Å². The zero-order valence-corrected chi connectivity index (χ0v) is 16.3. The molecule has 2 heteroatoms. The average Bonchev–Trinajstić information content (AvgIpc) is 2.95. The Morgan fingerprint density at radius 3 is 2.52 bits per heavy atom. The van der Waals surface area contributed by atoms with Crippen molar-refractivity contribution in [2.75, 3.05) is 7.11 Å². The van der Waals surface area contributed by atoms with E-state index in [9.17, 15) is 4.79 Å². The summed E-state index contributed by atoms with van der Waals surface area (Å²) in [5.41, 5.74) is 0.929. The fraction of sp³-hybridized carbons (Fsp3) is 0.870. The number of esters is 1. The van der Waals surface area contributed by atoms with Crippen LogP contribution in [0.1, 0.15) is 78.1 Å². The van der Waals surface area contributed by atoms with Crippen molar-refractivity contribution in [2.45, 2.75) is 78.1 Å². The number of rotatable bonds is 0. The zero-order valence-electron chi connectivity index (χ0n) is 16.3. The molecule has 0 saturated heterocycles. The lowest BCUT2D eigenvalue weighted by Gasteiger charge is -2.60. The summed E-state index contributed by atoms with van der Waals surface area (Å²) in [5, 5.41) is 0. The van der Waals surface area contributed by atoms with Gasteiger partial charge in [-0.2, -0.15) is 0 Å². The summed E-state index contributed by atoms with van der Waals surface area (Å²) in [7, 11) is 1.42. The zero-order chi connectivity index (χ0) is 17.7. The van der Waals surface area contributed by atoms with Gasteiger partial charge in [-0.05, 0) is 85.9 Å². The van der Waals surface area contributed by atoms with E-state index in [1.54, 1.807) is 0 Å². The minimum absolute atomic E-state index is 0.319. The maximum absolute atomic E-state index is 11.5. The van der Waals surface area contributed by atoms with E-state index in [0.717, 1.165) is 23.7 Å². The molecule has 0 aromatic carbocycles. The molecule has 4 fully saturated rings. The molecule has 0 aliphatic heterocycles. The highest BCUT2D eigenvalue weighted by Crippen LogP contribution is 2.67. The third-order valence-electron chi connectivity index (χ3n) is 9.12. The second kappa shape index (κ2) is 6.33. The first-order valence-corrected chi connectivity index (χ1v) is 10.6. The average molecular weight is 343 g/mol. The Morgan fingerprint density at radius 2 is 1.72 bits per heavy atom. The lowest BCUT2D eigenvalue weighted by Crippen LogP contribution is -2.52. The second-order valence-corrected chi connectivity index (χ2v) is 9.84. The second-order valence-electron chi connectivity index (χ2n) is 9.84. The van der Waals surface area contributed by atoms with Crippen LogP contribution in [0.4, 0.5) is 0 Å². The summed E-state index contributed by atoms with van der Waals surface area (Å²) >= 11 is 0. The minimum Gasteiger partial charge on any atom is -0.459 e. The molecule has 4 aliphatic rings. The van der Waals surface area contributed by atoms with E-state index in [4.69, 9.17) is 4.74 Å². The van der Waals surface area contributed by atoms with E-state index >= 15 is 0 Å². The van der Waals surface area contributed by atoms with Crippen molar-refractivity contribution >= 4 is 5.97 Å². The minimum atomic E-state index is -0.379. The van der Waals surface area contributed by atoms with Crippen LogP contribution in [0, 0.1) is 52.3 Å². The van der Waals surface area contributed by atoms with E-state index in [1.807, 2.05) is 0 Å². The normalized spacial score (nSPS) is 48.4. The van der Waals surface area contributed by atoms with Crippen LogP contribution in [-0.4, -0.2) is 13.1 Å². The molecule has 4 aliphatic carbocycles. The van der Waals surface area contributed by atoms with Gasteiger partial charge in [-0.1, -0.05) is 32.6 Å². The number of fused-ring (bicyclic) bond motifs is 5. The first kappa shape index (κ1) is 17.4. The van der Waals surface area contributed by atoms with Crippen LogP contribution >= 0.6 is 0 Å². The quantitative estimate of drug-likeness (QED) is 0.343. The molecule has 4 saturated carbocycles. The van der Waals surface area contributed by atoms with E-state index in [0.29, 0.717) is 16.7 Å². The van der Waals surface area contributed by atoms with E-state index in [-0.39, 0.29) is 5.97 Å². The predicted molar refractivity (Wildman–Crippen MR) is 99.6 cm³/mol. The molecule has 7 atom stereocenters. The third kappa shape index (κ3) is 2.65. The Hall–Kier alpha value is -0.970. The van der Waals surface area contributed by atoms with Gasteiger partial charge in [0.1, 0.15) is 0 Å². The molecule has 0 aromatic rings. The molecule has 0 N–H and O–H groups in total. The van der Waals surface area contributed by atoms with Gasteiger partial charge in [-0.15, -0.1) is 0 Å².